The summed E-state index contributed by atoms with van der Waals surface area (Å²) in [6.45, 7) is 8.37. The highest BCUT2D eigenvalue weighted by molar-refractivity contribution is 5.73. The molecule has 0 spiro atoms. The summed E-state index contributed by atoms with van der Waals surface area (Å²) in [5, 5.41) is 17.5. The minimum Gasteiger partial charge on any atom is -0.480 e. The van der Waals surface area contributed by atoms with E-state index >= 15 is 0 Å². The molecule has 1 aromatic rings. The molecule has 0 saturated carbocycles. The lowest BCUT2D eigenvalue weighted by atomic mass is 9.80. The van der Waals surface area contributed by atoms with Crippen molar-refractivity contribution in [3.8, 4) is 0 Å². The van der Waals surface area contributed by atoms with E-state index < -0.39 is 12.0 Å². The third kappa shape index (κ3) is 5.13. The summed E-state index contributed by atoms with van der Waals surface area (Å²) >= 11 is 0. The SMILES string of the molecule is C[C@H](c1cn([C@@H](CCCCC(N)=O)C(=O)O)nn1)C(C)(C)C. The average molecular weight is 310 g/mol. The summed E-state index contributed by atoms with van der Waals surface area (Å²) < 4.78 is 1.41. The van der Waals surface area contributed by atoms with E-state index in [-0.39, 0.29) is 23.7 Å². The van der Waals surface area contributed by atoms with Crippen molar-refractivity contribution in [3.63, 3.8) is 0 Å². The van der Waals surface area contributed by atoms with Gasteiger partial charge in [-0.2, -0.15) is 0 Å². The smallest absolute Gasteiger partial charge is 0.328 e. The zero-order valence-electron chi connectivity index (χ0n) is 13.7. The van der Waals surface area contributed by atoms with E-state index in [0.717, 1.165) is 5.69 Å². The van der Waals surface area contributed by atoms with Crippen LogP contribution in [0, 0.1) is 5.41 Å². The number of nitrogens with two attached hydrogens (primary N) is 1. The first-order valence-corrected chi connectivity index (χ1v) is 7.55. The van der Waals surface area contributed by atoms with Gasteiger partial charge in [-0.3, -0.25) is 4.79 Å². The number of hydrogen-bond donors (Lipinski definition) is 2. The van der Waals surface area contributed by atoms with Crippen LogP contribution in [0.25, 0.3) is 0 Å². The molecule has 0 fully saturated rings. The zero-order valence-corrected chi connectivity index (χ0v) is 13.7. The third-order valence-corrected chi connectivity index (χ3v) is 4.03. The fourth-order valence-electron chi connectivity index (χ4n) is 2.09. The fraction of sp³-hybridized carbons (Fsp3) is 0.733. The number of aromatic nitrogens is 3. The minimum absolute atomic E-state index is 0.0288. The quantitative estimate of drug-likeness (QED) is 0.714. The maximum Gasteiger partial charge on any atom is 0.328 e. The van der Waals surface area contributed by atoms with E-state index in [9.17, 15) is 14.7 Å². The van der Waals surface area contributed by atoms with E-state index in [0.29, 0.717) is 19.3 Å². The summed E-state index contributed by atoms with van der Waals surface area (Å²) in [5.41, 5.74) is 5.89. The van der Waals surface area contributed by atoms with Gasteiger partial charge < -0.3 is 10.8 Å². The lowest BCUT2D eigenvalue weighted by Crippen LogP contribution is -2.20. The molecule has 1 aromatic heterocycles. The van der Waals surface area contributed by atoms with Crippen molar-refractivity contribution in [2.24, 2.45) is 11.1 Å². The van der Waals surface area contributed by atoms with Crippen LogP contribution in [0.2, 0.25) is 0 Å². The third-order valence-electron chi connectivity index (χ3n) is 4.03. The summed E-state index contributed by atoms with van der Waals surface area (Å²) in [5.74, 6) is -1.14. The largest absolute Gasteiger partial charge is 0.480 e. The molecule has 0 radical (unpaired) electrons. The van der Waals surface area contributed by atoms with Gasteiger partial charge in [0.15, 0.2) is 6.04 Å². The number of hydrogen-bond acceptors (Lipinski definition) is 4. The number of carboxylic acids is 1. The van der Waals surface area contributed by atoms with Gasteiger partial charge in [-0.25, -0.2) is 9.48 Å². The monoisotopic (exact) mass is 310 g/mol. The summed E-state index contributed by atoms with van der Waals surface area (Å²) in [7, 11) is 0. The molecular formula is C15H26N4O3. The number of rotatable bonds is 8. The van der Waals surface area contributed by atoms with Gasteiger partial charge in [-0.15, -0.1) is 5.10 Å². The van der Waals surface area contributed by atoms with Gasteiger partial charge in [-0.05, 0) is 18.3 Å². The molecule has 0 aliphatic rings. The second kappa shape index (κ2) is 7.38. The highest BCUT2D eigenvalue weighted by atomic mass is 16.4. The van der Waals surface area contributed by atoms with Crippen molar-refractivity contribution in [3.05, 3.63) is 11.9 Å². The summed E-state index contributed by atoms with van der Waals surface area (Å²) in [6.07, 6.45) is 3.57. The number of carbonyl (C=O) groups excluding carboxylic acids is 1. The Morgan fingerprint density at radius 1 is 1.36 bits per heavy atom. The molecule has 0 bridgehead atoms. The van der Waals surface area contributed by atoms with Crippen molar-refractivity contribution < 1.29 is 14.7 Å². The molecule has 7 nitrogen and oxygen atoms in total. The number of carbonyl (C=O) groups is 2. The van der Waals surface area contributed by atoms with Gasteiger partial charge in [0.1, 0.15) is 0 Å². The Bertz CT molecular complexity index is 519. The standard InChI is InChI=1S/C15H26N4O3/c1-10(15(2,3)4)11-9-19(18-17-11)12(14(21)22)7-5-6-8-13(16)20/h9-10,12H,5-8H2,1-4H3,(H2,16,20)(H,21,22)/t10-,12+/m1/s1. The highest BCUT2D eigenvalue weighted by Gasteiger charge is 2.27. The van der Waals surface area contributed by atoms with Crippen LogP contribution in [0.3, 0.4) is 0 Å². The van der Waals surface area contributed by atoms with E-state index in [4.69, 9.17) is 5.73 Å². The number of carboxylic acid groups (broad SMARTS) is 1. The molecule has 124 valence electrons. The van der Waals surface area contributed by atoms with Crippen molar-refractivity contribution in [2.45, 2.75) is 65.3 Å². The van der Waals surface area contributed by atoms with Crippen LogP contribution < -0.4 is 5.73 Å². The van der Waals surface area contributed by atoms with Crippen molar-refractivity contribution in [1.29, 1.82) is 0 Å². The Morgan fingerprint density at radius 2 is 2.00 bits per heavy atom. The molecule has 7 heteroatoms. The normalized spacial score (nSPS) is 14.5. The van der Waals surface area contributed by atoms with Crippen molar-refractivity contribution in [2.75, 3.05) is 0 Å². The number of amides is 1. The van der Waals surface area contributed by atoms with Crippen LogP contribution in [0.4, 0.5) is 0 Å². The molecule has 0 aliphatic heterocycles. The molecule has 3 N–H and O–H groups in total. The Labute approximate surface area is 130 Å². The fourth-order valence-corrected chi connectivity index (χ4v) is 2.09. The molecule has 22 heavy (non-hydrogen) atoms. The average Bonchev–Trinajstić information content (AvgIpc) is 2.84. The minimum atomic E-state index is -0.945. The number of nitrogens with zero attached hydrogens (tertiary/aromatic N) is 3. The molecule has 1 rings (SSSR count). The second-order valence-corrected chi connectivity index (χ2v) is 6.78. The molecule has 0 saturated heterocycles. The zero-order chi connectivity index (χ0) is 16.9. The Balaban J connectivity index is 2.75. The molecule has 0 aliphatic carbocycles. The lowest BCUT2D eigenvalue weighted by molar-refractivity contribution is -0.141. The van der Waals surface area contributed by atoms with Crippen LogP contribution in [0.1, 0.15) is 71.0 Å². The highest BCUT2D eigenvalue weighted by Crippen LogP contribution is 2.33. The van der Waals surface area contributed by atoms with Crippen molar-refractivity contribution >= 4 is 11.9 Å². The predicted molar refractivity (Wildman–Crippen MR) is 82.2 cm³/mol. The molecule has 0 unspecified atom stereocenters. The van der Waals surface area contributed by atoms with Crippen LogP contribution in [-0.4, -0.2) is 32.0 Å². The van der Waals surface area contributed by atoms with Crippen LogP contribution in [-0.2, 0) is 9.59 Å². The Morgan fingerprint density at radius 3 is 2.50 bits per heavy atom. The maximum atomic E-state index is 11.4. The van der Waals surface area contributed by atoms with Crippen LogP contribution in [0.15, 0.2) is 6.20 Å². The number of aliphatic carboxylic acids is 1. The maximum absolute atomic E-state index is 11.4. The van der Waals surface area contributed by atoms with Gasteiger partial charge in [-0.1, -0.05) is 39.3 Å². The number of unbranched alkanes of at least 4 members (excludes halogenated alkanes) is 1. The first-order chi connectivity index (χ1) is 10.1. The van der Waals surface area contributed by atoms with Gasteiger partial charge >= 0.3 is 5.97 Å². The van der Waals surface area contributed by atoms with Gasteiger partial charge in [0.05, 0.1) is 5.69 Å². The van der Waals surface area contributed by atoms with E-state index in [1.807, 2.05) is 0 Å². The lowest BCUT2D eigenvalue weighted by Gasteiger charge is -2.25. The Hall–Kier alpha value is -1.92. The molecule has 0 aromatic carbocycles. The number of primary amides is 1. The molecule has 2 atom stereocenters. The van der Waals surface area contributed by atoms with E-state index in [1.165, 1.54) is 4.68 Å². The predicted octanol–water partition coefficient (Wildman–Crippen LogP) is 2.10. The topological polar surface area (TPSA) is 111 Å². The van der Waals surface area contributed by atoms with Crippen LogP contribution >= 0.6 is 0 Å². The summed E-state index contributed by atoms with van der Waals surface area (Å²) in [6, 6.07) is -0.763. The summed E-state index contributed by atoms with van der Waals surface area (Å²) in [4.78, 5) is 22.1. The van der Waals surface area contributed by atoms with Gasteiger partial charge in [0.2, 0.25) is 5.91 Å². The Kier molecular flexibility index (Phi) is 6.08. The first kappa shape index (κ1) is 18.1. The molecular weight excluding hydrogens is 284 g/mol. The molecule has 1 heterocycles. The van der Waals surface area contributed by atoms with Gasteiger partial charge in [0, 0.05) is 18.5 Å². The van der Waals surface area contributed by atoms with Crippen LogP contribution in [0.5, 0.6) is 0 Å². The van der Waals surface area contributed by atoms with Crippen molar-refractivity contribution in [1.82, 2.24) is 15.0 Å². The van der Waals surface area contributed by atoms with Gasteiger partial charge in [0.25, 0.3) is 0 Å². The second-order valence-electron chi connectivity index (χ2n) is 6.78. The molecule has 1 amide bonds. The first-order valence-electron chi connectivity index (χ1n) is 7.55. The van der Waals surface area contributed by atoms with E-state index in [1.54, 1.807) is 6.20 Å². The van der Waals surface area contributed by atoms with E-state index in [2.05, 4.69) is 38.0 Å².